The quantitative estimate of drug-likeness (QED) is 0.135. The van der Waals surface area contributed by atoms with Crippen molar-refractivity contribution in [3.05, 3.63) is 0 Å². The van der Waals surface area contributed by atoms with Crippen molar-refractivity contribution >= 4 is 7.82 Å². The Morgan fingerprint density at radius 1 is 1.06 bits per heavy atom. The van der Waals surface area contributed by atoms with Crippen LogP contribution < -0.4 is 34.5 Å². The van der Waals surface area contributed by atoms with Crippen LogP contribution in [0.3, 0.4) is 0 Å². The van der Waals surface area contributed by atoms with Gasteiger partial charge < -0.3 is 40.4 Å². The molecule has 0 rings (SSSR count). The molecule has 0 amide bonds. The molecule has 0 aliphatic heterocycles. The molecular formula is C6H14NaO10P. The summed E-state index contributed by atoms with van der Waals surface area (Å²) in [6, 6.07) is 0. The maximum Gasteiger partial charge on any atom is 1.00 e. The number of hydrogen-bond acceptors (Lipinski definition) is 9. The van der Waals surface area contributed by atoms with E-state index in [2.05, 4.69) is 4.52 Å². The fourth-order valence-corrected chi connectivity index (χ4v) is 1.30. The summed E-state index contributed by atoms with van der Waals surface area (Å²) < 4.78 is 13.7. The van der Waals surface area contributed by atoms with Gasteiger partial charge in [0.2, 0.25) is 0 Å². The first kappa shape index (κ1) is 21.2. The zero-order chi connectivity index (χ0) is 13.8. The van der Waals surface area contributed by atoms with E-state index in [0.717, 1.165) is 0 Å². The Morgan fingerprint density at radius 3 is 1.83 bits per heavy atom. The second-order valence-electron chi connectivity index (χ2n) is 3.19. The Balaban J connectivity index is 0. The Labute approximate surface area is 124 Å². The molecule has 0 saturated carbocycles. The van der Waals surface area contributed by atoms with Crippen LogP contribution in [0.4, 0.5) is 0 Å². The SMILES string of the molecule is O=P([O-])(O)OC(O)[C@@H](O)[C@@H](O)[C@H](O)[C@H](O)CO.[Na+]. The van der Waals surface area contributed by atoms with Gasteiger partial charge in [-0.25, -0.2) is 0 Å². The van der Waals surface area contributed by atoms with Gasteiger partial charge in [0.25, 0.3) is 7.82 Å². The molecule has 0 aromatic rings. The van der Waals surface area contributed by atoms with Crippen LogP contribution in [-0.2, 0) is 9.09 Å². The van der Waals surface area contributed by atoms with Crippen LogP contribution in [0.5, 0.6) is 0 Å². The molecule has 0 heterocycles. The minimum atomic E-state index is -5.34. The third kappa shape index (κ3) is 7.46. The van der Waals surface area contributed by atoms with Crippen molar-refractivity contribution in [2.75, 3.05) is 6.61 Å². The van der Waals surface area contributed by atoms with E-state index in [-0.39, 0.29) is 29.6 Å². The molecule has 2 unspecified atom stereocenters. The Morgan fingerprint density at radius 2 is 1.50 bits per heavy atom. The molecule has 0 aliphatic carbocycles. The van der Waals surface area contributed by atoms with E-state index in [4.69, 9.17) is 30.4 Å². The largest absolute Gasteiger partial charge is 1.00 e. The summed E-state index contributed by atoms with van der Waals surface area (Å²) in [5, 5.41) is 53.6. The minimum Gasteiger partial charge on any atom is -0.756 e. The van der Waals surface area contributed by atoms with Crippen molar-refractivity contribution in [1.82, 2.24) is 0 Å². The van der Waals surface area contributed by atoms with Gasteiger partial charge in [0.1, 0.15) is 24.4 Å². The molecule has 0 aliphatic rings. The molecule has 0 aromatic heterocycles. The van der Waals surface area contributed by atoms with E-state index in [1.807, 2.05) is 0 Å². The monoisotopic (exact) mass is 300 g/mol. The fraction of sp³-hybridized carbons (Fsp3) is 1.00. The number of hydrogen-bond donors (Lipinski definition) is 7. The maximum absolute atomic E-state index is 10.2. The Bertz CT molecular complexity index is 271. The summed E-state index contributed by atoms with van der Waals surface area (Å²) in [7, 11) is -5.34. The van der Waals surface area contributed by atoms with Gasteiger partial charge in [-0.15, -0.1) is 0 Å². The van der Waals surface area contributed by atoms with Crippen LogP contribution in [0.15, 0.2) is 0 Å². The first-order valence-corrected chi connectivity index (χ1v) is 5.83. The molecule has 0 saturated heterocycles. The molecule has 0 radical (unpaired) electrons. The predicted octanol–water partition coefficient (Wildman–Crippen LogP) is -7.78. The van der Waals surface area contributed by atoms with Gasteiger partial charge >= 0.3 is 29.6 Å². The second-order valence-corrected chi connectivity index (χ2v) is 4.33. The molecule has 18 heavy (non-hydrogen) atoms. The van der Waals surface area contributed by atoms with Crippen molar-refractivity contribution in [2.45, 2.75) is 30.7 Å². The number of phosphoric acid groups is 1. The first-order valence-electron chi connectivity index (χ1n) is 4.33. The van der Waals surface area contributed by atoms with Gasteiger partial charge in [-0.2, -0.15) is 0 Å². The van der Waals surface area contributed by atoms with Gasteiger partial charge in [0.05, 0.1) is 6.61 Å². The molecule has 0 fully saturated rings. The van der Waals surface area contributed by atoms with Gasteiger partial charge in [0, 0.05) is 0 Å². The number of aliphatic hydroxyl groups is 6. The summed E-state index contributed by atoms with van der Waals surface area (Å²) in [6.07, 6.45) is -11.0. The number of aliphatic hydroxyl groups excluding tert-OH is 6. The first-order chi connectivity index (χ1) is 7.60. The smallest absolute Gasteiger partial charge is 0.756 e. The van der Waals surface area contributed by atoms with Crippen LogP contribution in [0.25, 0.3) is 0 Å². The van der Waals surface area contributed by atoms with E-state index in [9.17, 15) is 14.6 Å². The summed E-state index contributed by atoms with van der Waals surface area (Å²) in [4.78, 5) is 18.4. The Hall–Kier alpha value is 0.870. The van der Waals surface area contributed by atoms with E-state index < -0.39 is 45.1 Å². The summed E-state index contributed by atoms with van der Waals surface area (Å²) in [5.41, 5.74) is 0. The van der Waals surface area contributed by atoms with Crippen LogP contribution in [0.2, 0.25) is 0 Å². The van der Waals surface area contributed by atoms with E-state index in [1.165, 1.54) is 0 Å². The molecule has 7 N–H and O–H groups in total. The van der Waals surface area contributed by atoms with Crippen molar-refractivity contribution in [1.29, 1.82) is 0 Å². The van der Waals surface area contributed by atoms with Crippen molar-refractivity contribution in [3.63, 3.8) is 0 Å². The van der Waals surface area contributed by atoms with Crippen LogP contribution in [-0.4, -0.2) is 72.8 Å². The molecule has 0 spiro atoms. The Kier molecular flexibility index (Phi) is 10.5. The standard InChI is InChI=1S/C6H15O10P.Na/c7-1-2(8)3(9)4(10)5(11)6(12)16-17(13,14)15;/h2-12H,1H2,(H2,13,14,15);/q;+1/p-1/t2-,3-,4+,5+,6?;/m1./s1. The molecule has 10 nitrogen and oxygen atoms in total. The zero-order valence-corrected chi connectivity index (χ0v) is 12.3. The van der Waals surface area contributed by atoms with Gasteiger partial charge in [-0.05, 0) is 0 Å². The van der Waals surface area contributed by atoms with Crippen LogP contribution in [0.1, 0.15) is 0 Å². The summed E-state index contributed by atoms with van der Waals surface area (Å²) in [6.45, 7) is -0.943. The average Bonchev–Trinajstić information content (AvgIpc) is 2.22. The van der Waals surface area contributed by atoms with Gasteiger partial charge in [-0.3, -0.25) is 9.09 Å². The molecular weight excluding hydrogens is 286 g/mol. The maximum atomic E-state index is 10.2. The van der Waals surface area contributed by atoms with E-state index >= 15 is 0 Å². The third-order valence-electron chi connectivity index (χ3n) is 1.81. The van der Waals surface area contributed by atoms with Crippen LogP contribution in [0, 0.1) is 0 Å². The van der Waals surface area contributed by atoms with Gasteiger partial charge in [-0.1, -0.05) is 0 Å². The normalized spacial score (nSPS) is 23.1. The number of rotatable bonds is 7. The van der Waals surface area contributed by atoms with Gasteiger partial charge in [0.15, 0.2) is 6.29 Å². The molecule has 0 aromatic carbocycles. The van der Waals surface area contributed by atoms with E-state index in [1.54, 1.807) is 0 Å². The summed E-state index contributed by atoms with van der Waals surface area (Å²) >= 11 is 0. The molecule has 0 bridgehead atoms. The van der Waals surface area contributed by atoms with Crippen molar-refractivity contribution in [2.24, 2.45) is 0 Å². The molecule has 12 heteroatoms. The van der Waals surface area contributed by atoms with E-state index in [0.29, 0.717) is 0 Å². The average molecular weight is 300 g/mol. The second kappa shape index (κ2) is 8.93. The summed E-state index contributed by atoms with van der Waals surface area (Å²) in [5.74, 6) is 0. The zero-order valence-electron chi connectivity index (χ0n) is 9.40. The topological polar surface area (TPSA) is 191 Å². The fourth-order valence-electron chi connectivity index (χ4n) is 0.905. The molecule has 104 valence electrons. The van der Waals surface area contributed by atoms with Crippen molar-refractivity contribution < 1.29 is 79.1 Å². The van der Waals surface area contributed by atoms with Crippen LogP contribution >= 0.6 is 7.82 Å². The third-order valence-corrected chi connectivity index (χ3v) is 2.30. The number of phosphoric ester groups is 1. The minimum absolute atomic E-state index is 0. The predicted molar refractivity (Wildman–Crippen MR) is 48.0 cm³/mol. The van der Waals surface area contributed by atoms with Crippen molar-refractivity contribution in [3.8, 4) is 0 Å². The molecule has 6 atom stereocenters.